The van der Waals surface area contributed by atoms with E-state index < -0.39 is 0 Å². The minimum atomic E-state index is 0.592. The highest BCUT2D eigenvalue weighted by molar-refractivity contribution is 6.30. The van der Waals surface area contributed by atoms with Crippen molar-refractivity contribution in [1.29, 1.82) is 0 Å². The summed E-state index contributed by atoms with van der Waals surface area (Å²) in [7, 11) is 0. The molecule has 1 aliphatic heterocycles. The number of nitrogens with zero attached hydrogens (tertiary/aromatic N) is 2. The molecule has 6 nitrogen and oxygen atoms in total. The molecule has 0 bridgehead atoms. The van der Waals surface area contributed by atoms with E-state index in [0.29, 0.717) is 19.6 Å². The van der Waals surface area contributed by atoms with Crippen molar-refractivity contribution in [1.82, 2.24) is 15.4 Å². The van der Waals surface area contributed by atoms with Crippen LogP contribution in [0.15, 0.2) is 66.4 Å². The van der Waals surface area contributed by atoms with Crippen LogP contribution in [0.25, 0.3) is 5.57 Å². The molecule has 0 unspecified atom stereocenters. The molecule has 1 fully saturated rings. The van der Waals surface area contributed by atoms with Gasteiger partial charge in [-0.2, -0.15) is 11.4 Å². The van der Waals surface area contributed by atoms with Crippen molar-refractivity contribution in [2.24, 2.45) is 5.90 Å². The number of hydrogen-bond donors (Lipinski definition) is 2. The summed E-state index contributed by atoms with van der Waals surface area (Å²) < 4.78 is 5.98. The van der Waals surface area contributed by atoms with Crippen LogP contribution >= 0.6 is 11.6 Å². The van der Waals surface area contributed by atoms with Crippen LogP contribution in [0.1, 0.15) is 53.6 Å². The first-order valence-corrected chi connectivity index (χ1v) is 14.1. The second-order valence-corrected chi connectivity index (χ2v) is 10.4. The van der Waals surface area contributed by atoms with Crippen molar-refractivity contribution in [3.63, 3.8) is 0 Å². The summed E-state index contributed by atoms with van der Waals surface area (Å²) in [6, 6.07) is 18.6. The summed E-state index contributed by atoms with van der Waals surface area (Å²) in [6.07, 6.45) is 7.70. The lowest BCUT2D eigenvalue weighted by molar-refractivity contribution is 0.0425. The normalized spacial score (nSPS) is 15.1. The van der Waals surface area contributed by atoms with Crippen LogP contribution in [0.4, 0.5) is 0 Å². The molecule has 0 radical (unpaired) electrons. The molecule has 0 spiro atoms. The number of rotatable bonds is 8. The number of piperidine rings is 1. The van der Waals surface area contributed by atoms with Gasteiger partial charge in [-0.05, 0) is 91.3 Å². The number of likely N-dealkylation sites (tertiary alicyclic amines) is 1. The van der Waals surface area contributed by atoms with Crippen molar-refractivity contribution in [3.8, 4) is 17.6 Å². The van der Waals surface area contributed by atoms with E-state index in [2.05, 4.69) is 51.4 Å². The van der Waals surface area contributed by atoms with Gasteiger partial charge in [0.2, 0.25) is 0 Å². The SMILES string of the molecule is NONCCC#Cc1ccc(OCCCN2CCC(=C3c4ccc(Cl)cc4CCc4cccnc43)CC2)cc1. The van der Waals surface area contributed by atoms with Crippen LogP contribution in [0.3, 0.4) is 0 Å². The number of halogens is 1. The Morgan fingerprint density at radius 1 is 1.00 bits per heavy atom. The molecule has 1 saturated heterocycles. The lowest BCUT2D eigenvalue weighted by Gasteiger charge is -2.30. The molecular weight excluding hydrogens is 508 g/mol. The summed E-state index contributed by atoms with van der Waals surface area (Å²) in [5.41, 5.74) is 11.5. The maximum Gasteiger partial charge on any atom is 0.119 e. The highest BCUT2D eigenvalue weighted by atomic mass is 35.5. The zero-order valence-corrected chi connectivity index (χ0v) is 23.0. The fourth-order valence-corrected chi connectivity index (χ4v) is 5.57. The van der Waals surface area contributed by atoms with Gasteiger partial charge in [0.1, 0.15) is 5.75 Å². The topological polar surface area (TPSA) is 72.6 Å². The highest BCUT2D eigenvalue weighted by Gasteiger charge is 2.25. The quantitative estimate of drug-likeness (QED) is 0.227. The average molecular weight is 543 g/mol. The Bertz CT molecular complexity index is 1350. The van der Waals surface area contributed by atoms with E-state index in [0.717, 1.165) is 73.8 Å². The van der Waals surface area contributed by atoms with E-state index >= 15 is 0 Å². The van der Waals surface area contributed by atoms with Crippen molar-refractivity contribution in [2.75, 3.05) is 32.8 Å². The predicted molar refractivity (Wildman–Crippen MR) is 156 cm³/mol. The Morgan fingerprint density at radius 2 is 1.82 bits per heavy atom. The van der Waals surface area contributed by atoms with Gasteiger partial charge < -0.3 is 9.64 Å². The molecule has 3 N–H and O–H groups in total. The second kappa shape index (κ2) is 13.7. The van der Waals surface area contributed by atoms with Crippen LogP contribution in [-0.4, -0.2) is 42.7 Å². The van der Waals surface area contributed by atoms with Crippen LogP contribution in [-0.2, 0) is 17.8 Å². The fourth-order valence-electron chi connectivity index (χ4n) is 5.38. The minimum Gasteiger partial charge on any atom is -0.494 e. The maximum absolute atomic E-state index is 6.37. The monoisotopic (exact) mass is 542 g/mol. The minimum absolute atomic E-state index is 0.592. The number of nitrogens with two attached hydrogens (primary N) is 1. The van der Waals surface area contributed by atoms with Crippen molar-refractivity contribution >= 4 is 17.2 Å². The van der Waals surface area contributed by atoms with Gasteiger partial charge in [-0.3, -0.25) is 4.98 Å². The zero-order chi connectivity index (χ0) is 26.9. The summed E-state index contributed by atoms with van der Waals surface area (Å²) in [4.78, 5) is 11.7. The first-order chi connectivity index (χ1) is 19.2. The Labute approximate surface area is 236 Å². The number of fused-ring (bicyclic) bond motifs is 2. The van der Waals surface area contributed by atoms with E-state index in [1.165, 1.54) is 27.8 Å². The van der Waals surface area contributed by atoms with Gasteiger partial charge in [0, 0.05) is 55.0 Å². The van der Waals surface area contributed by atoms with Crippen LogP contribution in [0.2, 0.25) is 5.02 Å². The third kappa shape index (κ3) is 7.27. The molecule has 1 aromatic heterocycles. The van der Waals surface area contributed by atoms with Crippen LogP contribution < -0.4 is 16.1 Å². The smallest absolute Gasteiger partial charge is 0.119 e. The average Bonchev–Trinajstić information content (AvgIpc) is 3.13. The van der Waals surface area contributed by atoms with Gasteiger partial charge >= 0.3 is 0 Å². The molecule has 0 saturated carbocycles. The Morgan fingerprint density at radius 3 is 2.64 bits per heavy atom. The van der Waals surface area contributed by atoms with Gasteiger partial charge in [0.05, 0.1) is 12.3 Å². The van der Waals surface area contributed by atoms with Crippen molar-refractivity contribution in [3.05, 3.63) is 99.3 Å². The number of pyridine rings is 1. The van der Waals surface area contributed by atoms with E-state index in [1.807, 2.05) is 36.5 Å². The third-order valence-corrected chi connectivity index (χ3v) is 7.59. The molecule has 2 heterocycles. The first kappa shape index (κ1) is 27.4. The van der Waals surface area contributed by atoms with E-state index in [4.69, 9.17) is 27.2 Å². The van der Waals surface area contributed by atoms with Gasteiger partial charge in [-0.25, -0.2) is 4.94 Å². The molecule has 0 amide bonds. The molecule has 2 aromatic carbocycles. The molecular formula is C32H35ClN4O2. The number of nitrogens with one attached hydrogen (secondary N) is 1. The Hall–Kier alpha value is -3.18. The predicted octanol–water partition coefficient (Wildman–Crippen LogP) is 5.34. The largest absolute Gasteiger partial charge is 0.494 e. The first-order valence-electron chi connectivity index (χ1n) is 13.7. The molecule has 2 aliphatic rings. The number of aromatic nitrogens is 1. The van der Waals surface area contributed by atoms with Gasteiger partial charge in [-0.1, -0.05) is 41.1 Å². The zero-order valence-electron chi connectivity index (χ0n) is 22.2. The Kier molecular flexibility index (Phi) is 9.66. The molecule has 202 valence electrons. The van der Waals surface area contributed by atoms with E-state index in [1.54, 1.807) is 0 Å². The summed E-state index contributed by atoms with van der Waals surface area (Å²) in [6.45, 7) is 4.45. The number of hydrogen-bond acceptors (Lipinski definition) is 6. The lowest BCUT2D eigenvalue weighted by Crippen LogP contribution is -2.32. The molecule has 39 heavy (non-hydrogen) atoms. The van der Waals surface area contributed by atoms with E-state index in [9.17, 15) is 0 Å². The maximum atomic E-state index is 6.37. The third-order valence-electron chi connectivity index (χ3n) is 7.35. The molecule has 3 aromatic rings. The number of ether oxygens (including phenoxy) is 1. The lowest BCUT2D eigenvalue weighted by atomic mass is 9.88. The van der Waals surface area contributed by atoms with Crippen molar-refractivity contribution < 1.29 is 9.68 Å². The standard InChI is InChI=1S/C32H35ClN4O2/c33-28-11-14-30-27(23-28)10-9-26-6-3-17-35-32(26)31(30)25-15-20-37(21-16-25)19-4-22-38-29-12-7-24(8-13-29)5-1-2-18-36-39-34/h3,6-8,11-14,17,23,36H,2,4,9-10,15-16,18-22,34H2. The molecule has 7 heteroatoms. The van der Waals surface area contributed by atoms with Crippen LogP contribution in [0.5, 0.6) is 5.75 Å². The number of aryl methyl sites for hydroxylation is 2. The number of benzene rings is 2. The van der Waals surface area contributed by atoms with E-state index in [-0.39, 0.29) is 0 Å². The molecule has 0 atom stereocenters. The number of hydroxylamine groups is 1. The summed E-state index contributed by atoms with van der Waals surface area (Å²) in [5, 5.41) is 0.807. The summed E-state index contributed by atoms with van der Waals surface area (Å²) >= 11 is 6.37. The fraction of sp³-hybridized carbons (Fsp3) is 0.344. The summed E-state index contributed by atoms with van der Waals surface area (Å²) in [5.74, 6) is 12.0. The van der Waals surface area contributed by atoms with Crippen LogP contribution in [0, 0.1) is 11.8 Å². The van der Waals surface area contributed by atoms with Gasteiger partial charge in [0.25, 0.3) is 0 Å². The highest BCUT2D eigenvalue weighted by Crippen LogP contribution is 2.38. The molecule has 5 rings (SSSR count). The Balaban J connectivity index is 1.14. The second-order valence-electron chi connectivity index (χ2n) is 9.92. The van der Waals surface area contributed by atoms with Crippen molar-refractivity contribution in [2.45, 2.75) is 38.5 Å². The van der Waals surface area contributed by atoms with Gasteiger partial charge in [0.15, 0.2) is 0 Å². The van der Waals surface area contributed by atoms with Gasteiger partial charge in [-0.15, -0.1) is 0 Å². The molecule has 1 aliphatic carbocycles.